The van der Waals surface area contributed by atoms with Crippen molar-refractivity contribution in [1.29, 1.82) is 0 Å². The van der Waals surface area contributed by atoms with E-state index in [2.05, 4.69) is 43.4 Å². The zero-order valence-electron chi connectivity index (χ0n) is 19.7. The first-order valence-electron chi connectivity index (χ1n) is 11.5. The van der Waals surface area contributed by atoms with Crippen LogP contribution in [0.1, 0.15) is 43.4 Å². The predicted molar refractivity (Wildman–Crippen MR) is 131 cm³/mol. The Bertz CT molecular complexity index is 928. The lowest BCUT2D eigenvalue weighted by atomic mass is 9.88. The first kappa shape index (κ1) is 25.7. The number of hydrogen-bond donors (Lipinski definition) is 3. The molecule has 0 saturated carbocycles. The molecule has 0 radical (unpaired) electrons. The van der Waals surface area contributed by atoms with Crippen molar-refractivity contribution in [3.8, 4) is 0 Å². The number of hydrogen-bond acceptors (Lipinski definition) is 5. The third kappa shape index (κ3) is 8.41. The number of rotatable bonds is 12. The third-order valence-corrected chi connectivity index (χ3v) is 6.95. The Hall–Kier alpha value is -1.93. The fourth-order valence-electron chi connectivity index (χ4n) is 4.63. The number of carboxylic acids is 1. The Morgan fingerprint density at radius 3 is 2.55 bits per heavy atom. The number of β-amino-alcohol motifs (C(OH)–C–C–N with tert-alkyl or cyclic N) is 1. The Labute approximate surface area is 200 Å². The summed E-state index contributed by atoms with van der Waals surface area (Å²) < 4.78 is 15.8. The van der Waals surface area contributed by atoms with Gasteiger partial charge in [-0.05, 0) is 99.3 Å². The van der Waals surface area contributed by atoms with Crippen molar-refractivity contribution in [2.75, 3.05) is 20.1 Å². The molecule has 0 unspecified atom stereocenters. The number of likely N-dealkylation sites (N-methyl/N-ethyl adjacent to an activating group) is 1. The van der Waals surface area contributed by atoms with E-state index in [0.717, 1.165) is 19.3 Å². The van der Waals surface area contributed by atoms with E-state index in [4.69, 9.17) is 5.11 Å². The first-order valence-corrected chi connectivity index (χ1v) is 12.3. The molecule has 0 bridgehead atoms. The van der Waals surface area contributed by atoms with Crippen molar-refractivity contribution in [3.05, 3.63) is 65.0 Å². The third-order valence-electron chi connectivity index (χ3n) is 6.04. The molecule has 3 rings (SSSR count). The van der Waals surface area contributed by atoms with E-state index >= 15 is 0 Å². The molecule has 0 aromatic heterocycles. The molecule has 180 valence electrons. The minimum absolute atomic E-state index is 0.0312. The molecule has 2 aromatic rings. The van der Waals surface area contributed by atoms with Gasteiger partial charge in [0.1, 0.15) is 5.82 Å². The number of carboxylic acid groups (broad SMARTS) is 1. The molecule has 7 heteroatoms. The monoisotopic (exact) mass is 474 g/mol. The van der Waals surface area contributed by atoms with Crippen LogP contribution in [0.3, 0.4) is 0 Å². The van der Waals surface area contributed by atoms with Crippen LogP contribution in [-0.2, 0) is 24.1 Å². The second-order valence-corrected chi connectivity index (χ2v) is 11.0. The molecule has 1 atom stereocenters. The lowest BCUT2D eigenvalue weighted by molar-refractivity contribution is -0.136. The van der Waals surface area contributed by atoms with Crippen molar-refractivity contribution in [3.63, 3.8) is 0 Å². The van der Waals surface area contributed by atoms with Gasteiger partial charge in [-0.2, -0.15) is 0 Å². The van der Waals surface area contributed by atoms with Gasteiger partial charge in [0, 0.05) is 29.9 Å². The van der Waals surface area contributed by atoms with Crippen LogP contribution < -0.4 is 5.32 Å². The van der Waals surface area contributed by atoms with Crippen molar-refractivity contribution in [2.24, 2.45) is 5.92 Å². The molecule has 3 N–H and O–H groups in total. The lowest BCUT2D eigenvalue weighted by Gasteiger charge is -2.31. The van der Waals surface area contributed by atoms with Gasteiger partial charge in [0.15, 0.2) is 0 Å². The first-order chi connectivity index (χ1) is 15.6. The molecule has 33 heavy (non-hydrogen) atoms. The van der Waals surface area contributed by atoms with Gasteiger partial charge in [0.25, 0.3) is 0 Å². The van der Waals surface area contributed by atoms with E-state index in [9.17, 15) is 14.3 Å². The van der Waals surface area contributed by atoms with Gasteiger partial charge in [-0.1, -0.05) is 24.3 Å². The largest absolute Gasteiger partial charge is 0.481 e. The number of nitrogens with one attached hydrogen (secondary N) is 1. The number of fused-ring (bicyclic) bond motifs is 1. The van der Waals surface area contributed by atoms with Crippen LogP contribution in [0.5, 0.6) is 0 Å². The maximum absolute atomic E-state index is 13.9. The minimum atomic E-state index is -0.901. The second-order valence-electron chi connectivity index (χ2n) is 9.76. The molecule has 0 amide bonds. The molecule has 2 aromatic carbocycles. The zero-order valence-corrected chi connectivity index (χ0v) is 20.5. The molecule has 5 nitrogen and oxygen atoms in total. The van der Waals surface area contributed by atoms with Crippen LogP contribution in [0.25, 0.3) is 0 Å². The summed E-state index contributed by atoms with van der Waals surface area (Å²) >= 11 is 1.35. The van der Waals surface area contributed by atoms with Gasteiger partial charge in [0.2, 0.25) is 0 Å². The Morgan fingerprint density at radius 1 is 1.24 bits per heavy atom. The number of aryl methyl sites for hydroxylation is 1. The average Bonchev–Trinajstić information content (AvgIpc) is 3.12. The Kier molecular flexibility index (Phi) is 8.93. The highest BCUT2D eigenvalue weighted by atomic mass is 32.2. The van der Waals surface area contributed by atoms with Gasteiger partial charge in [0.05, 0.1) is 6.10 Å². The number of aliphatic hydroxyl groups is 1. The number of benzene rings is 2. The Morgan fingerprint density at radius 2 is 1.91 bits per heavy atom. The molecule has 0 aliphatic heterocycles. The molecule has 0 heterocycles. The summed E-state index contributed by atoms with van der Waals surface area (Å²) in [7, 11) is 1.86. The normalized spacial score (nSPS) is 15.1. The number of halogens is 1. The highest BCUT2D eigenvalue weighted by molar-refractivity contribution is 7.97. The summed E-state index contributed by atoms with van der Waals surface area (Å²) in [6, 6.07) is 13.3. The maximum Gasteiger partial charge on any atom is 0.303 e. The summed E-state index contributed by atoms with van der Waals surface area (Å²) in [6.45, 7) is 5.27. The summed E-state index contributed by atoms with van der Waals surface area (Å²) in [6.07, 6.45) is 2.97. The minimum Gasteiger partial charge on any atom is -0.481 e. The van der Waals surface area contributed by atoms with Crippen LogP contribution in [0.2, 0.25) is 0 Å². The van der Waals surface area contributed by atoms with Gasteiger partial charge in [-0.15, -0.1) is 0 Å². The second kappa shape index (κ2) is 11.5. The van der Waals surface area contributed by atoms with Crippen molar-refractivity contribution < 1.29 is 19.4 Å². The molecule has 0 saturated heterocycles. The summed E-state index contributed by atoms with van der Waals surface area (Å²) in [4.78, 5) is 11.5. The summed E-state index contributed by atoms with van der Waals surface area (Å²) in [5.74, 6) is -0.669. The van der Waals surface area contributed by atoms with E-state index in [1.807, 2.05) is 11.4 Å². The zero-order chi connectivity index (χ0) is 24.0. The van der Waals surface area contributed by atoms with Crippen LogP contribution >= 0.6 is 11.9 Å². The van der Waals surface area contributed by atoms with Gasteiger partial charge < -0.3 is 15.5 Å². The van der Waals surface area contributed by atoms with Crippen molar-refractivity contribution in [2.45, 2.75) is 62.5 Å². The predicted octanol–water partition coefficient (Wildman–Crippen LogP) is 4.32. The number of aliphatic hydroxyl groups excluding tert-OH is 1. The maximum atomic E-state index is 13.9. The fraction of sp³-hybridized carbons (Fsp3) is 0.500. The van der Waals surface area contributed by atoms with Gasteiger partial charge >= 0.3 is 5.97 Å². The van der Waals surface area contributed by atoms with Crippen LogP contribution in [-0.4, -0.2) is 52.3 Å². The van der Waals surface area contributed by atoms with Crippen molar-refractivity contribution >= 4 is 17.9 Å². The smallest absolute Gasteiger partial charge is 0.303 e. The molecular weight excluding hydrogens is 439 g/mol. The number of aliphatic carboxylic acids is 1. The molecule has 1 aliphatic carbocycles. The van der Waals surface area contributed by atoms with Gasteiger partial charge in [-0.25, -0.2) is 8.70 Å². The van der Waals surface area contributed by atoms with E-state index in [1.165, 1.54) is 35.2 Å². The van der Waals surface area contributed by atoms with Gasteiger partial charge in [-0.3, -0.25) is 4.79 Å². The van der Waals surface area contributed by atoms with E-state index in [1.54, 1.807) is 6.07 Å². The molecule has 1 aliphatic rings. The van der Waals surface area contributed by atoms with Crippen molar-refractivity contribution in [1.82, 2.24) is 9.62 Å². The molecule has 0 spiro atoms. The van der Waals surface area contributed by atoms with E-state index < -0.39 is 12.1 Å². The van der Waals surface area contributed by atoms with Crippen LogP contribution in [0.4, 0.5) is 4.39 Å². The van der Waals surface area contributed by atoms with Crippen LogP contribution in [0.15, 0.2) is 47.4 Å². The highest BCUT2D eigenvalue weighted by Crippen LogP contribution is 2.32. The number of carbonyl (C=O) groups is 1. The topological polar surface area (TPSA) is 72.8 Å². The standard InChI is InChI=1S/C26H35FN2O3S/c1-26(2,15-19-10-20-6-4-5-7-21(20)11-19)28-16-23(30)17-29(3)33-24-13-18(8-9-25(31)32)12-22(27)14-24/h4-7,12-14,19,23,28,30H,8-11,15-17H2,1-3H3,(H,31,32)/t23-/m1/s1. The van der Waals surface area contributed by atoms with E-state index in [-0.39, 0.29) is 24.2 Å². The molecule has 0 fully saturated rings. The number of nitrogens with zero attached hydrogens (tertiary/aromatic N) is 1. The average molecular weight is 475 g/mol. The summed E-state index contributed by atoms with van der Waals surface area (Å²) in [5, 5.41) is 22.9. The SMILES string of the molecule is CN(C[C@H](O)CNC(C)(C)CC1Cc2ccccc2C1)Sc1cc(F)cc(CCC(=O)O)c1. The highest BCUT2D eigenvalue weighted by Gasteiger charge is 2.28. The van der Waals surface area contributed by atoms with E-state index in [0.29, 0.717) is 29.5 Å². The quantitative estimate of drug-likeness (QED) is 0.398. The molecular formula is C26H35FN2O3S. The Balaban J connectivity index is 1.43. The lowest BCUT2D eigenvalue weighted by Crippen LogP contribution is -2.46. The fourth-order valence-corrected chi connectivity index (χ4v) is 5.61. The van der Waals surface area contributed by atoms with Crippen LogP contribution in [0, 0.1) is 11.7 Å². The summed E-state index contributed by atoms with van der Waals surface area (Å²) in [5.41, 5.74) is 3.49.